The highest BCUT2D eigenvalue weighted by atomic mass is 31.3. The summed E-state index contributed by atoms with van der Waals surface area (Å²) in [6.45, 7) is -0.987. The Hall–Kier alpha value is -1.36. The zero-order valence-electron chi connectivity index (χ0n) is 14.8. The molecule has 1 aliphatic heterocycles. The topological polar surface area (TPSA) is 273 Å². The van der Waals surface area contributed by atoms with Crippen LogP contribution >= 0.6 is 23.5 Å². The summed E-state index contributed by atoms with van der Waals surface area (Å²) >= 11 is 0. The molecule has 6 atom stereocenters. The molecule has 7 N–H and O–H groups in total. The largest absolute Gasteiger partial charge is 0.490 e. The van der Waals surface area contributed by atoms with Crippen molar-refractivity contribution >= 4 is 34.6 Å². The number of aromatic amines is 1. The van der Waals surface area contributed by atoms with E-state index in [0.717, 1.165) is 17.2 Å². The van der Waals surface area contributed by atoms with E-state index in [0.29, 0.717) is 0 Å². The molecule has 1 aliphatic rings. The maximum absolute atomic E-state index is 11.8. The first-order valence-electron chi connectivity index (χ1n) is 7.89. The molecule has 0 radical (unpaired) electrons. The molecule has 2 aromatic rings. The monoisotopic (exact) mass is 508 g/mol. The number of nitrogens with one attached hydrogen (secondary N) is 1. The van der Waals surface area contributed by atoms with Crippen LogP contribution < -0.4 is 5.56 Å². The number of phosphoric ester groups is 1. The van der Waals surface area contributed by atoms with Gasteiger partial charge in [0.2, 0.25) is 0 Å². The van der Waals surface area contributed by atoms with Gasteiger partial charge in [0, 0.05) is 0 Å². The van der Waals surface area contributed by atoms with Gasteiger partial charge in [-0.15, -0.1) is 0 Å². The standard InChI is InChI=1S/C10H15N4O14P3/c15-6-4(1-25-30(21,22)28-31(23,24)27-29(18,19)20)26-10(7(6)16)14-3-13-5-8(14)11-2-12-9(5)17/h2-4,6-7,10,15-16H,1H2,(H,21,22)(H,23,24)(H,11,12,17)(H2,18,19,20)/t4-,6?,7?,10-/m0/s1. The van der Waals surface area contributed by atoms with Crippen LogP contribution in [0, 0.1) is 0 Å². The number of hydrogen-bond acceptors (Lipinski definition) is 12. The van der Waals surface area contributed by atoms with Crippen LogP contribution in [0.5, 0.6) is 0 Å². The van der Waals surface area contributed by atoms with Gasteiger partial charge < -0.3 is 39.5 Å². The number of aliphatic hydroxyl groups is 2. The lowest BCUT2D eigenvalue weighted by Crippen LogP contribution is -2.33. The van der Waals surface area contributed by atoms with Gasteiger partial charge in [0.15, 0.2) is 17.4 Å². The van der Waals surface area contributed by atoms with Crippen molar-refractivity contribution in [2.45, 2.75) is 24.5 Å². The van der Waals surface area contributed by atoms with Crippen molar-refractivity contribution in [1.29, 1.82) is 0 Å². The maximum atomic E-state index is 11.8. The minimum atomic E-state index is -5.72. The number of phosphoric acid groups is 3. The maximum Gasteiger partial charge on any atom is 0.490 e. The molecule has 21 heteroatoms. The van der Waals surface area contributed by atoms with E-state index in [2.05, 4.69) is 28.1 Å². The molecule has 0 spiro atoms. The number of hydrogen-bond donors (Lipinski definition) is 7. The molecular formula is C10H15N4O14P3. The van der Waals surface area contributed by atoms with Crippen molar-refractivity contribution in [3.05, 3.63) is 23.0 Å². The van der Waals surface area contributed by atoms with E-state index in [1.54, 1.807) is 0 Å². The van der Waals surface area contributed by atoms with Crippen LogP contribution in [0.3, 0.4) is 0 Å². The van der Waals surface area contributed by atoms with Gasteiger partial charge >= 0.3 is 23.5 Å². The summed E-state index contributed by atoms with van der Waals surface area (Å²) in [5, 5.41) is 20.3. The summed E-state index contributed by atoms with van der Waals surface area (Å²) in [5.41, 5.74) is -0.681. The van der Waals surface area contributed by atoms with Crippen molar-refractivity contribution in [2.24, 2.45) is 0 Å². The predicted octanol–water partition coefficient (Wildman–Crippen LogP) is -1.92. The molecule has 0 aliphatic carbocycles. The Morgan fingerprint density at radius 3 is 2.39 bits per heavy atom. The van der Waals surface area contributed by atoms with E-state index in [-0.39, 0.29) is 11.2 Å². The lowest BCUT2D eigenvalue weighted by atomic mass is 10.1. The molecule has 0 bridgehead atoms. The third-order valence-electron chi connectivity index (χ3n) is 3.79. The van der Waals surface area contributed by atoms with Crippen molar-refractivity contribution < 1.29 is 61.4 Å². The molecule has 0 aromatic carbocycles. The van der Waals surface area contributed by atoms with E-state index in [1.807, 2.05) is 0 Å². The molecular weight excluding hydrogens is 493 g/mol. The van der Waals surface area contributed by atoms with Crippen LogP contribution in [-0.4, -0.2) is 74.2 Å². The summed E-state index contributed by atoms with van der Waals surface area (Å²) < 4.78 is 51.6. The SMILES string of the molecule is O=c1[nH]cnc2c1ncn2[C@H]1O[C@@H](COP(=O)(O)OP(=O)(O)OP(=O)(O)O)C(O)C1O. The van der Waals surface area contributed by atoms with Gasteiger partial charge in [0.05, 0.1) is 19.3 Å². The van der Waals surface area contributed by atoms with Crippen LogP contribution in [0.25, 0.3) is 11.2 Å². The van der Waals surface area contributed by atoms with Crippen LogP contribution in [0.2, 0.25) is 0 Å². The molecule has 0 amide bonds. The van der Waals surface area contributed by atoms with E-state index in [1.165, 1.54) is 0 Å². The Labute approximate surface area is 170 Å². The lowest BCUT2D eigenvalue weighted by Gasteiger charge is -2.19. The Morgan fingerprint density at radius 1 is 1.06 bits per heavy atom. The summed E-state index contributed by atoms with van der Waals surface area (Å²) in [6.07, 6.45) is -4.05. The predicted molar refractivity (Wildman–Crippen MR) is 93.9 cm³/mol. The second-order valence-corrected chi connectivity index (χ2v) is 10.4. The normalized spacial score (nSPS) is 28.5. The first kappa shape index (κ1) is 24.3. The van der Waals surface area contributed by atoms with E-state index in [4.69, 9.17) is 19.4 Å². The Bertz CT molecular complexity index is 1160. The summed E-state index contributed by atoms with van der Waals surface area (Å²) in [5.74, 6) is 0. The number of H-pyrrole nitrogens is 1. The quantitative estimate of drug-likeness (QED) is 0.191. The van der Waals surface area contributed by atoms with E-state index < -0.39 is 60.2 Å². The van der Waals surface area contributed by atoms with Crippen LogP contribution in [0.1, 0.15) is 6.23 Å². The van der Waals surface area contributed by atoms with Crippen molar-refractivity contribution in [2.75, 3.05) is 6.61 Å². The molecule has 18 nitrogen and oxygen atoms in total. The van der Waals surface area contributed by atoms with Crippen molar-refractivity contribution in [3.63, 3.8) is 0 Å². The average molecular weight is 508 g/mol. The molecule has 2 aromatic heterocycles. The number of rotatable bonds is 8. The van der Waals surface area contributed by atoms with Crippen LogP contribution in [0.15, 0.2) is 17.4 Å². The first-order chi connectivity index (χ1) is 14.2. The third-order valence-corrected chi connectivity index (χ3v) is 7.60. The van der Waals surface area contributed by atoms with Gasteiger partial charge in [-0.3, -0.25) is 13.9 Å². The Kier molecular flexibility index (Phi) is 6.68. The number of aliphatic hydroxyl groups excluding tert-OH is 2. The van der Waals surface area contributed by atoms with Gasteiger partial charge in [-0.1, -0.05) is 0 Å². The molecule has 3 rings (SSSR count). The molecule has 0 saturated carbocycles. The van der Waals surface area contributed by atoms with E-state index >= 15 is 0 Å². The fraction of sp³-hybridized carbons (Fsp3) is 0.500. The molecule has 31 heavy (non-hydrogen) atoms. The molecule has 4 unspecified atom stereocenters. The Balaban J connectivity index is 1.70. The fourth-order valence-corrected chi connectivity index (χ4v) is 5.65. The molecule has 3 heterocycles. The lowest BCUT2D eigenvalue weighted by molar-refractivity contribution is -0.0503. The highest BCUT2D eigenvalue weighted by Crippen LogP contribution is 2.66. The fourth-order valence-electron chi connectivity index (χ4n) is 2.62. The van der Waals surface area contributed by atoms with Gasteiger partial charge in [0.25, 0.3) is 5.56 Å². The zero-order chi connectivity index (χ0) is 23.2. The second-order valence-electron chi connectivity index (χ2n) is 5.99. The first-order valence-corrected chi connectivity index (χ1v) is 12.4. The summed E-state index contributed by atoms with van der Waals surface area (Å²) in [7, 11) is -16.7. The van der Waals surface area contributed by atoms with Crippen LogP contribution in [0.4, 0.5) is 0 Å². The van der Waals surface area contributed by atoms with Crippen molar-refractivity contribution in [1.82, 2.24) is 19.5 Å². The van der Waals surface area contributed by atoms with Crippen molar-refractivity contribution in [3.8, 4) is 0 Å². The molecule has 1 saturated heterocycles. The highest BCUT2D eigenvalue weighted by Gasteiger charge is 2.47. The molecule has 174 valence electrons. The highest BCUT2D eigenvalue weighted by molar-refractivity contribution is 7.66. The minimum Gasteiger partial charge on any atom is -0.387 e. The van der Waals surface area contributed by atoms with Gasteiger partial charge in [-0.2, -0.15) is 8.62 Å². The van der Waals surface area contributed by atoms with Gasteiger partial charge in [0.1, 0.15) is 18.3 Å². The smallest absolute Gasteiger partial charge is 0.387 e. The summed E-state index contributed by atoms with van der Waals surface area (Å²) in [6, 6.07) is 0. The number of aromatic nitrogens is 4. The summed E-state index contributed by atoms with van der Waals surface area (Å²) in [4.78, 5) is 57.2. The minimum absolute atomic E-state index is 0.00599. The number of ether oxygens (including phenoxy) is 1. The number of imidazole rings is 1. The average Bonchev–Trinajstić information content (AvgIpc) is 3.13. The van der Waals surface area contributed by atoms with E-state index in [9.17, 15) is 33.6 Å². The molecule has 1 fully saturated rings. The third kappa shape index (κ3) is 5.71. The van der Waals surface area contributed by atoms with Gasteiger partial charge in [-0.25, -0.2) is 23.7 Å². The van der Waals surface area contributed by atoms with Crippen LogP contribution in [-0.2, 0) is 31.6 Å². The second kappa shape index (κ2) is 8.53. The number of nitrogens with zero attached hydrogens (tertiary/aromatic N) is 3. The number of fused-ring (bicyclic) bond motifs is 1. The zero-order valence-corrected chi connectivity index (χ0v) is 17.5. The Morgan fingerprint density at radius 2 is 1.74 bits per heavy atom. The van der Waals surface area contributed by atoms with Gasteiger partial charge in [-0.05, 0) is 0 Å².